The number of hydrogen-bond donors (Lipinski definition) is 0. The highest BCUT2D eigenvalue weighted by Gasteiger charge is 2.24. The average molecular weight is 386 g/mol. The second-order valence-corrected chi connectivity index (χ2v) is 7.92. The summed E-state index contributed by atoms with van der Waals surface area (Å²) in [6, 6.07) is 5.25. The minimum absolute atomic E-state index is 0.157. The Bertz CT molecular complexity index is 789. The van der Waals surface area contributed by atoms with Gasteiger partial charge in [0.15, 0.2) is 6.61 Å². The fourth-order valence-corrected chi connectivity index (χ4v) is 4.55. The number of hydrogen-bond acceptors (Lipinski definition) is 4. The third-order valence-electron chi connectivity index (χ3n) is 4.11. The standard InChI is InChI=1S/C17H17Cl2NO3S/c1-10-3-2-6-20(8-10)14(21)9-23-17(22)16-15(19)12-5-4-11(18)7-13(12)24-16/h4-5,7,10H,2-3,6,8-9H2,1H3/t10-/m1/s1. The molecule has 0 aliphatic carbocycles. The third kappa shape index (κ3) is 3.68. The van der Waals surface area contributed by atoms with Gasteiger partial charge in [-0.05, 0) is 30.9 Å². The molecule has 0 bridgehead atoms. The van der Waals surface area contributed by atoms with Crippen LogP contribution in [0.4, 0.5) is 0 Å². The van der Waals surface area contributed by atoms with Gasteiger partial charge in [0.1, 0.15) is 4.88 Å². The van der Waals surface area contributed by atoms with Crippen molar-refractivity contribution in [1.82, 2.24) is 4.90 Å². The summed E-state index contributed by atoms with van der Waals surface area (Å²) in [6.45, 7) is 3.31. The van der Waals surface area contributed by atoms with Gasteiger partial charge in [-0.15, -0.1) is 11.3 Å². The molecule has 4 nitrogen and oxygen atoms in total. The molecule has 1 atom stereocenters. The normalized spacial score (nSPS) is 18.0. The Morgan fingerprint density at radius 1 is 1.38 bits per heavy atom. The molecule has 0 spiro atoms. The molecule has 128 valence electrons. The van der Waals surface area contributed by atoms with Crippen LogP contribution >= 0.6 is 34.5 Å². The summed E-state index contributed by atoms with van der Waals surface area (Å²) in [5, 5.41) is 1.68. The van der Waals surface area contributed by atoms with E-state index in [9.17, 15) is 9.59 Å². The van der Waals surface area contributed by atoms with Crippen molar-refractivity contribution in [3.8, 4) is 0 Å². The second kappa shape index (κ2) is 7.30. The number of nitrogens with zero attached hydrogens (tertiary/aromatic N) is 1. The highest BCUT2D eigenvalue weighted by atomic mass is 35.5. The third-order valence-corrected chi connectivity index (χ3v) is 5.99. The molecule has 1 aromatic heterocycles. The highest BCUT2D eigenvalue weighted by Crippen LogP contribution is 2.37. The van der Waals surface area contributed by atoms with E-state index < -0.39 is 5.97 Å². The number of esters is 1. The van der Waals surface area contributed by atoms with Gasteiger partial charge >= 0.3 is 5.97 Å². The monoisotopic (exact) mass is 385 g/mol. The van der Waals surface area contributed by atoms with Gasteiger partial charge in [-0.3, -0.25) is 4.79 Å². The lowest BCUT2D eigenvalue weighted by Gasteiger charge is -2.30. The zero-order valence-corrected chi connectivity index (χ0v) is 15.5. The number of carbonyl (C=O) groups is 2. The average Bonchev–Trinajstić information content (AvgIpc) is 2.88. The Labute approximate surface area is 154 Å². The summed E-state index contributed by atoms with van der Waals surface area (Å²) in [4.78, 5) is 26.5. The molecule has 1 aromatic carbocycles. The van der Waals surface area contributed by atoms with Crippen LogP contribution in [0.2, 0.25) is 10.0 Å². The number of ether oxygens (including phenoxy) is 1. The van der Waals surface area contributed by atoms with E-state index in [-0.39, 0.29) is 12.5 Å². The van der Waals surface area contributed by atoms with Crippen LogP contribution in [0.5, 0.6) is 0 Å². The van der Waals surface area contributed by atoms with Crippen LogP contribution in [-0.2, 0) is 9.53 Å². The first kappa shape index (κ1) is 17.5. The topological polar surface area (TPSA) is 46.6 Å². The predicted octanol–water partition coefficient (Wildman–Crippen LogP) is 4.62. The molecule has 7 heteroatoms. The summed E-state index contributed by atoms with van der Waals surface area (Å²) < 4.78 is 6.00. The molecule has 1 fully saturated rings. The van der Waals surface area contributed by atoms with Crippen LogP contribution in [0.25, 0.3) is 10.1 Å². The number of fused-ring (bicyclic) bond motifs is 1. The molecular weight excluding hydrogens is 369 g/mol. The van der Waals surface area contributed by atoms with E-state index in [2.05, 4.69) is 6.92 Å². The van der Waals surface area contributed by atoms with Crippen molar-refractivity contribution in [1.29, 1.82) is 0 Å². The second-order valence-electron chi connectivity index (χ2n) is 6.05. The molecule has 1 amide bonds. The van der Waals surface area contributed by atoms with Crippen molar-refractivity contribution >= 4 is 56.5 Å². The molecule has 0 N–H and O–H groups in total. The molecule has 1 saturated heterocycles. The van der Waals surface area contributed by atoms with Gasteiger partial charge in [-0.1, -0.05) is 36.2 Å². The minimum atomic E-state index is -0.573. The number of likely N-dealkylation sites (tertiary alicyclic amines) is 1. The molecule has 0 unspecified atom stereocenters. The van der Waals surface area contributed by atoms with Crippen molar-refractivity contribution in [2.75, 3.05) is 19.7 Å². The van der Waals surface area contributed by atoms with Gasteiger partial charge in [-0.25, -0.2) is 4.79 Å². The van der Waals surface area contributed by atoms with E-state index in [1.165, 1.54) is 11.3 Å². The van der Waals surface area contributed by atoms with Crippen molar-refractivity contribution in [2.45, 2.75) is 19.8 Å². The number of benzene rings is 1. The van der Waals surface area contributed by atoms with E-state index in [1.54, 1.807) is 23.1 Å². The Morgan fingerprint density at radius 2 is 2.17 bits per heavy atom. The maximum Gasteiger partial charge on any atom is 0.350 e. The number of amides is 1. The van der Waals surface area contributed by atoms with Gasteiger partial charge in [0.05, 0.1) is 5.02 Å². The van der Waals surface area contributed by atoms with Crippen molar-refractivity contribution in [3.05, 3.63) is 33.1 Å². The lowest BCUT2D eigenvalue weighted by molar-refractivity contribution is -0.136. The Hall–Kier alpha value is -1.30. The molecule has 0 radical (unpaired) electrons. The van der Waals surface area contributed by atoms with E-state index in [4.69, 9.17) is 27.9 Å². The van der Waals surface area contributed by atoms with Crippen LogP contribution in [0.1, 0.15) is 29.4 Å². The summed E-state index contributed by atoms with van der Waals surface area (Å²) in [6.07, 6.45) is 2.12. The molecule has 24 heavy (non-hydrogen) atoms. The molecule has 1 aliphatic rings. The summed E-state index contributed by atoms with van der Waals surface area (Å²) in [5.41, 5.74) is 0. The largest absolute Gasteiger partial charge is 0.451 e. The smallest absolute Gasteiger partial charge is 0.350 e. The molecule has 0 saturated carbocycles. The van der Waals surface area contributed by atoms with E-state index in [0.717, 1.165) is 36.0 Å². The zero-order chi connectivity index (χ0) is 17.3. The van der Waals surface area contributed by atoms with Crippen LogP contribution in [0, 0.1) is 5.92 Å². The fraction of sp³-hybridized carbons (Fsp3) is 0.412. The van der Waals surface area contributed by atoms with Gasteiger partial charge in [-0.2, -0.15) is 0 Å². The maximum atomic E-state index is 12.3. The van der Waals surface area contributed by atoms with Gasteiger partial charge < -0.3 is 9.64 Å². The summed E-state index contributed by atoms with van der Waals surface area (Å²) >= 11 is 13.4. The van der Waals surface area contributed by atoms with Gasteiger partial charge in [0.2, 0.25) is 0 Å². The van der Waals surface area contributed by atoms with Crippen molar-refractivity contribution < 1.29 is 14.3 Å². The van der Waals surface area contributed by atoms with Crippen LogP contribution in [-0.4, -0.2) is 36.5 Å². The minimum Gasteiger partial charge on any atom is -0.451 e. The lowest BCUT2D eigenvalue weighted by atomic mass is 10.0. The Balaban J connectivity index is 1.67. The van der Waals surface area contributed by atoms with Crippen LogP contribution < -0.4 is 0 Å². The number of halogens is 2. The number of piperidine rings is 1. The molecule has 1 aliphatic heterocycles. The van der Waals surface area contributed by atoms with E-state index in [1.807, 2.05) is 0 Å². The molecule has 3 rings (SSSR count). The highest BCUT2D eigenvalue weighted by molar-refractivity contribution is 7.21. The zero-order valence-electron chi connectivity index (χ0n) is 13.2. The Morgan fingerprint density at radius 3 is 2.92 bits per heavy atom. The number of thiophene rings is 1. The summed E-state index contributed by atoms with van der Waals surface area (Å²) in [7, 11) is 0. The lowest BCUT2D eigenvalue weighted by Crippen LogP contribution is -2.41. The molecular formula is C17H17Cl2NO3S. The van der Waals surface area contributed by atoms with Crippen LogP contribution in [0.3, 0.4) is 0 Å². The summed E-state index contributed by atoms with van der Waals surface area (Å²) in [5.74, 6) is -0.244. The predicted molar refractivity (Wildman–Crippen MR) is 97.1 cm³/mol. The van der Waals surface area contributed by atoms with Gasteiger partial charge in [0.25, 0.3) is 5.91 Å². The fourth-order valence-electron chi connectivity index (χ4n) is 2.87. The molecule has 2 heterocycles. The number of rotatable bonds is 3. The first-order chi connectivity index (χ1) is 11.5. The van der Waals surface area contributed by atoms with Crippen molar-refractivity contribution in [3.63, 3.8) is 0 Å². The first-order valence-electron chi connectivity index (χ1n) is 7.78. The quantitative estimate of drug-likeness (QED) is 0.723. The number of carbonyl (C=O) groups excluding carboxylic acids is 2. The first-order valence-corrected chi connectivity index (χ1v) is 9.35. The van der Waals surface area contributed by atoms with Crippen LogP contribution in [0.15, 0.2) is 18.2 Å². The van der Waals surface area contributed by atoms with Crippen molar-refractivity contribution in [2.24, 2.45) is 5.92 Å². The van der Waals surface area contributed by atoms with E-state index in [0.29, 0.717) is 20.8 Å². The van der Waals surface area contributed by atoms with Gasteiger partial charge in [0, 0.05) is 28.2 Å². The van der Waals surface area contributed by atoms with E-state index >= 15 is 0 Å². The maximum absolute atomic E-state index is 12.3. The molecule has 2 aromatic rings. The Kier molecular flexibility index (Phi) is 5.33. The SMILES string of the molecule is C[C@@H]1CCCN(C(=O)COC(=O)c2sc3cc(Cl)ccc3c2Cl)C1.